The molecule has 16 heteroatoms. The van der Waals surface area contributed by atoms with Crippen LogP contribution in [0.2, 0.25) is 0 Å². The first-order chi connectivity index (χ1) is 18.9. The van der Waals surface area contributed by atoms with Gasteiger partial charge in [-0.25, -0.2) is 0 Å². The van der Waals surface area contributed by atoms with Crippen LogP contribution in [0.5, 0.6) is 11.5 Å². The summed E-state index contributed by atoms with van der Waals surface area (Å²) in [6.45, 7) is 0. The van der Waals surface area contributed by atoms with Crippen molar-refractivity contribution in [2.24, 2.45) is 20.5 Å². The summed E-state index contributed by atoms with van der Waals surface area (Å²) in [5.41, 5.74) is -0.476. The van der Waals surface area contributed by atoms with Crippen LogP contribution in [0.25, 0.3) is 21.5 Å². The molecule has 0 saturated carbocycles. The summed E-state index contributed by atoms with van der Waals surface area (Å²) in [6.07, 6.45) is 0. The fourth-order valence-corrected chi connectivity index (χ4v) is 5.45. The van der Waals surface area contributed by atoms with Crippen molar-refractivity contribution < 1.29 is 95.3 Å². The van der Waals surface area contributed by atoms with Crippen molar-refractivity contribution in [2.75, 3.05) is 0 Å². The number of azo groups is 2. The molecular weight excluding hydrogens is 606 g/mol. The predicted octanol–water partition coefficient (Wildman–Crippen LogP) is -0.528. The number of hydrogen-bond donors (Lipinski definition) is 2. The Kier molecular flexibility index (Phi) is 10.7. The summed E-state index contributed by atoms with van der Waals surface area (Å²) in [5, 5.41) is 42.2. The summed E-state index contributed by atoms with van der Waals surface area (Å²) in [4.78, 5) is -0.655. The molecule has 12 nitrogen and oxygen atoms in total. The summed E-state index contributed by atoms with van der Waals surface area (Å²) >= 11 is 0. The molecule has 0 aromatic heterocycles. The minimum atomic E-state index is -4.52. The van der Waals surface area contributed by atoms with Crippen LogP contribution in [0.4, 0.5) is 22.7 Å². The maximum Gasteiger partial charge on any atom is 1.00 e. The number of rotatable bonds is 6. The monoisotopic (exact) mass is 622 g/mol. The Bertz CT molecular complexity index is 2110. The fraction of sp³-hybridized carbons (Fsp3) is 0. The molecule has 0 bridgehead atoms. The molecule has 42 heavy (non-hydrogen) atoms. The van der Waals surface area contributed by atoms with Crippen LogP contribution in [0.3, 0.4) is 0 Å². The van der Waals surface area contributed by atoms with Crippen LogP contribution in [0.1, 0.15) is 0 Å². The minimum absolute atomic E-state index is 0. The van der Waals surface area contributed by atoms with E-state index in [1.165, 1.54) is 30.3 Å². The molecule has 5 aromatic carbocycles. The molecular formula is C26H16N4Na2O8S2. The van der Waals surface area contributed by atoms with E-state index in [0.29, 0.717) is 10.8 Å². The topological polar surface area (TPSA) is 204 Å². The Morgan fingerprint density at radius 3 is 1.33 bits per heavy atom. The minimum Gasteiger partial charge on any atom is -0.871 e. The Balaban J connectivity index is 0.00000242. The number of hydrogen-bond acceptors (Lipinski definition) is 10. The van der Waals surface area contributed by atoms with E-state index in [9.17, 15) is 36.2 Å². The van der Waals surface area contributed by atoms with Crippen molar-refractivity contribution >= 4 is 64.5 Å². The first-order valence-electron chi connectivity index (χ1n) is 11.3. The summed E-state index contributed by atoms with van der Waals surface area (Å²) < 4.78 is 65.9. The largest absolute Gasteiger partial charge is 1.00 e. The molecule has 0 amide bonds. The van der Waals surface area contributed by atoms with Gasteiger partial charge in [-0.1, -0.05) is 66.1 Å². The molecule has 0 fully saturated rings. The zero-order chi connectivity index (χ0) is 28.7. The summed E-state index contributed by atoms with van der Waals surface area (Å²) in [6, 6.07) is 19.5. The zero-order valence-electron chi connectivity index (χ0n) is 22.0. The van der Waals surface area contributed by atoms with Gasteiger partial charge in [0.2, 0.25) is 0 Å². The van der Waals surface area contributed by atoms with E-state index < -0.39 is 37.4 Å². The summed E-state index contributed by atoms with van der Waals surface area (Å²) in [7, 11) is -9.03. The van der Waals surface area contributed by atoms with E-state index in [2.05, 4.69) is 20.5 Å². The molecule has 202 valence electrons. The van der Waals surface area contributed by atoms with Crippen LogP contribution >= 0.6 is 0 Å². The van der Waals surface area contributed by atoms with E-state index in [1.807, 2.05) is 0 Å². The van der Waals surface area contributed by atoms with Gasteiger partial charge in [0.1, 0.15) is 9.79 Å². The third-order valence-corrected chi connectivity index (χ3v) is 7.70. The van der Waals surface area contributed by atoms with Crippen molar-refractivity contribution in [3.63, 3.8) is 0 Å². The van der Waals surface area contributed by atoms with E-state index in [0.717, 1.165) is 24.3 Å². The van der Waals surface area contributed by atoms with Crippen LogP contribution in [0.15, 0.2) is 115 Å². The zero-order valence-corrected chi connectivity index (χ0v) is 27.7. The summed E-state index contributed by atoms with van der Waals surface area (Å²) in [5.74, 6) is -1.62. The SMILES string of the molecule is O=S(=O)(O)c1ccc(N=Nc2ccc([O-])c(N=Nc3ccc(S(=O)(=O)O)c4ccccc34)c2[O-])c2ccccc12.[Na+].[Na+]. The standard InChI is InChI=1S/C26H18N4O8S2.2Na/c31-22-12-9-21(29-27-19-10-13-23(39(33,34)35)17-7-3-1-5-15(17)19)26(32)25(22)30-28-20-11-14-24(40(36,37)38)18-8-4-2-6-16(18)20;;/h1-14,31-32H,(H,33,34,35)(H,36,37,38);;/q;2*+1/p-2. The van der Waals surface area contributed by atoms with Gasteiger partial charge >= 0.3 is 59.1 Å². The third kappa shape index (κ3) is 6.89. The second-order valence-electron chi connectivity index (χ2n) is 8.37. The molecule has 2 N–H and O–H groups in total. The molecule has 0 aliphatic rings. The molecule has 5 aromatic rings. The van der Waals surface area contributed by atoms with Crippen LogP contribution in [-0.4, -0.2) is 25.9 Å². The van der Waals surface area contributed by atoms with Crippen molar-refractivity contribution in [1.82, 2.24) is 0 Å². The average Bonchev–Trinajstić information content (AvgIpc) is 2.91. The fourth-order valence-electron chi connectivity index (χ4n) is 4.06. The van der Waals surface area contributed by atoms with Crippen LogP contribution in [0, 0.1) is 0 Å². The first kappa shape index (κ1) is 33.7. The van der Waals surface area contributed by atoms with Gasteiger partial charge in [-0.2, -0.15) is 27.1 Å². The Hall–Kier alpha value is -2.76. The molecule has 0 spiro atoms. The molecule has 0 aliphatic carbocycles. The molecule has 5 rings (SSSR count). The van der Waals surface area contributed by atoms with Crippen molar-refractivity contribution in [1.29, 1.82) is 0 Å². The van der Waals surface area contributed by atoms with Gasteiger partial charge < -0.3 is 10.2 Å². The third-order valence-electron chi connectivity index (χ3n) is 5.87. The van der Waals surface area contributed by atoms with Crippen molar-refractivity contribution in [2.45, 2.75) is 9.79 Å². The van der Waals surface area contributed by atoms with Gasteiger partial charge in [0.15, 0.2) is 0 Å². The van der Waals surface area contributed by atoms with Crippen molar-refractivity contribution in [3.8, 4) is 11.5 Å². The quantitative estimate of drug-likeness (QED) is 0.143. The Labute approximate surface area is 283 Å². The van der Waals surface area contributed by atoms with Gasteiger partial charge in [0.25, 0.3) is 20.2 Å². The van der Waals surface area contributed by atoms with Crippen molar-refractivity contribution in [3.05, 3.63) is 84.9 Å². The van der Waals surface area contributed by atoms with E-state index in [1.54, 1.807) is 30.3 Å². The number of nitrogens with zero attached hydrogens (tertiary/aromatic N) is 4. The van der Waals surface area contributed by atoms with Crippen LogP contribution in [-0.2, 0) is 20.2 Å². The molecule has 0 atom stereocenters. The Morgan fingerprint density at radius 2 is 0.881 bits per heavy atom. The second kappa shape index (κ2) is 13.3. The van der Waals surface area contributed by atoms with Crippen LogP contribution < -0.4 is 69.3 Å². The maximum absolute atomic E-state index is 13.0. The number of benzene rings is 5. The smallest absolute Gasteiger partial charge is 0.871 e. The molecule has 0 saturated heterocycles. The van der Waals surface area contributed by atoms with Gasteiger partial charge in [-0.3, -0.25) is 9.11 Å². The van der Waals surface area contributed by atoms with Gasteiger partial charge in [0.05, 0.1) is 22.7 Å². The normalized spacial score (nSPS) is 12.0. The average molecular weight is 623 g/mol. The molecule has 0 heterocycles. The predicted molar refractivity (Wildman–Crippen MR) is 141 cm³/mol. The molecule has 0 aliphatic heterocycles. The van der Waals surface area contributed by atoms with Gasteiger partial charge in [-0.15, -0.1) is 10.2 Å². The van der Waals surface area contributed by atoms with E-state index >= 15 is 0 Å². The Morgan fingerprint density at radius 1 is 0.500 bits per heavy atom. The number of fused-ring (bicyclic) bond motifs is 2. The molecule has 0 radical (unpaired) electrons. The van der Waals surface area contributed by atoms with Gasteiger partial charge in [0, 0.05) is 21.5 Å². The maximum atomic E-state index is 13.0. The van der Waals surface area contributed by atoms with Gasteiger partial charge in [-0.05, 0) is 30.3 Å². The molecule has 0 unspecified atom stereocenters. The second-order valence-corrected chi connectivity index (χ2v) is 11.1. The van der Waals surface area contributed by atoms with E-state index in [4.69, 9.17) is 0 Å². The first-order valence-corrected chi connectivity index (χ1v) is 14.2. The van der Waals surface area contributed by atoms with E-state index in [-0.39, 0.29) is 96.7 Å².